The SMILES string of the molecule is CC[C@@H](CO)N1CCN(C(=O)CCC(F)(F)F)CC1. The maximum atomic E-state index is 12.0. The Labute approximate surface area is 111 Å². The van der Waals surface area contributed by atoms with Crippen LogP contribution in [-0.2, 0) is 4.79 Å². The van der Waals surface area contributed by atoms with Crippen LogP contribution in [0.5, 0.6) is 0 Å². The molecular formula is C12H21F3N2O2. The van der Waals surface area contributed by atoms with Gasteiger partial charge in [-0.1, -0.05) is 6.92 Å². The van der Waals surface area contributed by atoms with Crippen molar-refractivity contribution in [2.45, 2.75) is 38.4 Å². The van der Waals surface area contributed by atoms with Gasteiger partial charge in [0.05, 0.1) is 13.0 Å². The Hall–Kier alpha value is -0.820. The molecule has 4 nitrogen and oxygen atoms in total. The monoisotopic (exact) mass is 282 g/mol. The van der Waals surface area contributed by atoms with Gasteiger partial charge in [0.2, 0.25) is 5.91 Å². The van der Waals surface area contributed by atoms with Gasteiger partial charge in [0.25, 0.3) is 0 Å². The van der Waals surface area contributed by atoms with Crippen LogP contribution in [0.1, 0.15) is 26.2 Å². The summed E-state index contributed by atoms with van der Waals surface area (Å²) in [6, 6.07) is 0.0763. The van der Waals surface area contributed by atoms with Gasteiger partial charge in [0.15, 0.2) is 0 Å². The molecule has 1 fully saturated rings. The highest BCUT2D eigenvalue weighted by atomic mass is 19.4. The summed E-state index contributed by atoms with van der Waals surface area (Å²) in [5, 5.41) is 9.18. The van der Waals surface area contributed by atoms with Gasteiger partial charge in [-0.15, -0.1) is 0 Å². The second-order valence-corrected chi connectivity index (χ2v) is 4.78. The van der Waals surface area contributed by atoms with E-state index in [1.165, 1.54) is 4.90 Å². The number of hydrogen-bond donors (Lipinski definition) is 1. The van der Waals surface area contributed by atoms with Crippen molar-refractivity contribution in [3.63, 3.8) is 0 Å². The topological polar surface area (TPSA) is 43.8 Å². The predicted molar refractivity (Wildman–Crippen MR) is 64.6 cm³/mol. The van der Waals surface area contributed by atoms with Crippen molar-refractivity contribution in [2.24, 2.45) is 0 Å². The molecule has 1 saturated heterocycles. The van der Waals surface area contributed by atoms with Crippen molar-refractivity contribution < 1.29 is 23.1 Å². The third kappa shape index (κ3) is 5.36. The summed E-state index contributed by atoms with van der Waals surface area (Å²) < 4.78 is 36.1. The highest BCUT2D eigenvalue weighted by Gasteiger charge is 2.30. The number of piperazine rings is 1. The molecule has 7 heteroatoms. The van der Waals surface area contributed by atoms with E-state index in [-0.39, 0.29) is 12.6 Å². The number of carbonyl (C=O) groups is 1. The van der Waals surface area contributed by atoms with E-state index in [0.717, 1.165) is 6.42 Å². The fourth-order valence-electron chi connectivity index (χ4n) is 2.25. The van der Waals surface area contributed by atoms with Crippen LogP contribution in [0.3, 0.4) is 0 Å². The molecule has 0 aromatic carbocycles. The minimum Gasteiger partial charge on any atom is -0.395 e. The van der Waals surface area contributed by atoms with Crippen molar-refractivity contribution in [1.29, 1.82) is 0 Å². The Bertz CT molecular complexity index is 285. The molecule has 1 atom stereocenters. The Morgan fingerprint density at radius 1 is 1.26 bits per heavy atom. The van der Waals surface area contributed by atoms with Crippen LogP contribution in [0.15, 0.2) is 0 Å². The second-order valence-electron chi connectivity index (χ2n) is 4.78. The fourth-order valence-corrected chi connectivity index (χ4v) is 2.25. The van der Waals surface area contributed by atoms with Gasteiger partial charge < -0.3 is 10.0 Å². The number of nitrogens with zero attached hydrogens (tertiary/aromatic N) is 2. The molecule has 0 aliphatic carbocycles. The standard InChI is InChI=1S/C12H21F3N2O2/c1-2-10(9-18)16-5-7-17(8-6-16)11(19)3-4-12(13,14)15/h10,18H,2-9H2,1H3/t10-/m0/s1. The van der Waals surface area contributed by atoms with E-state index in [1.807, 2.05) is 6.92 Å². The third-order valence-corrected chi connectivity index (χ3v) is 3.49. The number of hydrogen-bond acceptors (Lipinski definition) is 3. The van der Waals surface area contributed by atoms with E-state index in [9.17, 15) is 23.1 Å². The summed E-state index contributed by atoms with van der Waals surface area (Å²) in [5.74, 6) is -0.436. The van der Waals surface area contributed by atoms with Crippen LogP contribution >= 0.6 is 0 Å². The molecule has 1 aliphatic rings. The van der Waals surface area contributed by atoms with Crippen LogP contribution in [0.4, 0.5) is 13.2 Å². The molecule has 0 saturated carbocycles. The molecule has 19 heavy (non-hydrogen) atoms. The van der Waals surface area contributed by atoms with Crippen LogP contribution in [0, 0.1) is 0 Å². The van der Waals surface area contributed by atoms with Crippen molar-refractivity contribution >= 4 is 5.91 Å². The quantitative estimate of drug-likeness (QED) is 0.825. The van der Waals surface area contributed by atoms with E-state index in [0.29, 0.717) is 26.2 Å². The Morgan fingerprint density at radius 3 is 2.26 bits per heavy atom. The zero-order valence-corrected chi connectivity index (χ0v) is 11.1. The predicted octanol–water partition coefficient (Wildman–Crippen LogP) is 1.24. The molecule has 0 spiro atoms. The average molecular weight is 282 g/mol. The van der Waals surface area contributed by atoms with Crippen LogP contribution in [0.25, 0.3) is 0 Å². The highest BCUT2D eigenvalue weighted by molar-refractivity contribution is 5.76. The molecule has 1 heterocycles. The lowest BCUT2D eigenvalue weighted by molar-refractivity contribution is -0.150. The van der Waals surface area contributed by atoms with Crippen LogP contribution in [-0.4, -0.2) is 65.8 Å². The van der Waals surface area contributed by atoms with Crippen molar-refractivity contribution in [2.75, 3.05) is 32.8 Å². The zero-order chi connectivity index (χ0) is 14.5. The first-order valence-corrected chi connectivity index (χ1v) is 6.56. The summed E-state index contributed by atoms with van der Waals surface area (Å²) in [6.07, 6.45) is -4.98. The van der Waals surface area contributed by atoms with E-state index >= 15 is 0 Å². The van der Waals surface area contributed by atoms with Crippen molar-refractivity contribution in [3.05, 3.63) is 0 Å². The van der Waals surface area contributed by atoms with Gasteiger partial charge in [0.1, 0.15) is 0 Å². The van der Waals surface area contributed by atoms with Gasteiger partial charge in [-0.25, -0.2) is 0 Å². The number of halogens is 3. The third-order valence-electron chi connectivity index (χ3n) is 3.49. The zero-order valence-electron chi connectivity index (χ0n) is 11.1. The lowest BCUT2D eigenvalue weighted by Crippen LogP contribution is -2.52. The van der Waals surface area contributed by atoms with Gasteiger partial charge in [0, 0.05) is 38.6 Å². The number of alkyl halides is 3. The van der Waals surface area contributed by atoms with Crippen LogP contribution < -0.4 is 0 Å². The number of carbonyl (C=O) groups excluding carboxylic acids is 1. The molecule has 0 aromatic rings. The molecule has 1 rings (SSSR count). The minimum atomic E-state index is -4.28. The molecule has 0 unspecified atom stereocenters. The summed E-state index contributed by atoms with van der Waals surface area (Å²) in [6.45, 7) is 4.13. The van der Waals surface area contributed by atoms with E-state index in [1.54, 1.807) is 0 Å². The first-order valence-electron chi connectivity index (χ1n) is 6.56. The Balaban J connectivity index is 2.35. The summed E-state index contributed by atoms with van der Waals surface area (Å²) >= 11 is 0. The van der Waals surface area contributed by atoms with E-state index in [4.69, 9.17) is 0 Å². The Morgan fingerprint density at radius 2 is 1.84 bits per heavy atom. The van der Waals surface area contributed by atoms with Gasteiger partial charge >= 0.3 is 6.18 Å². The molecule has 1 aliphatic heterocycles. The van der Waals surface area contributed by atoms with E-state index in [2.05, 4.69) is 4.90 Å². The molecule has 0 bridgehead atoms. The maximum absolute atomic E-state index is 12.0. The average Bonchev–Trinajstić information content (AvgIpc) is 2.37. The summed E-state index contributed by atoms with van der Waals surface area (Å²) in [5.41, 5.74) is 0. The number of rotatable bonds is 5. The van der Waals surface area contributed by atoms with Gasteiger partial charge in [-0.05, 0) is 6.42 Å². The summed E-state index contributed by atoms with van der Waals surface area (Å²) in [7, 11) is 0. The molecule has 0 radical (unpaired) electrons. The molecular weight excluding hydrogens is 261 g/mol. The molecule has 1 N–H and O–H groups in total. The molecule has 112 valence electrons. The summed E-state index contributed by atoms with van der Waals surface area (Å²) in [4.78, 5) is 15.2. The first-order chi connectivity index (χ1) is 8.87. The molecule has 1 amide bonds. The maximum Gasteiger partial charge on any atom is 0.389 e. The van der Waals surface area contributed by atoms with Gasteiger partial charge in [-0.3, -0.25) is 9.69 Å². The lowest BCUT2D eigenvalue weighted by atomic mass is 10.1. The smallest absolute Gasteiger partial charge is 0.389 e. The largest absolute Gasteiger partial charge is 0.395 e. The van der Waals surface area contributed by atoms with Crippen molar-refractivity contribution in [3.8, 4) is 0 Å². The van der Waals surface area contributed by atoms with Gasteiger partial charge in [-0.2, -0.15) is 13.2 Å². The van der Waals surface area contributed by atoms with Crippen LogP contribution in [0.2, 0.25) is 0 Å². The van der Waals surface area contributed by atoms with E-state index < -0.39 is 24.9 Å². The normalized spacial score (nSPS) is 19.5. The highest BCUT2D eigenvalue weighted by Crippen LogP contribution is 2.22. The first kappa shape index (κ1) is 16.2. The minimum absolute atomic E-state index is 0.0680. The lowest BCUT2D eigenvalue weighted by Gasteiger charge is -2.38. The Kier molecular flexibility index (Phi) is 6.06. The van der Waals surface area contributed by atoms with Crippen molar-refractivity contribution in [1.82, 2.24) is 9.80 Å². The second kappa shape index (κ2) is 7.09. The number of aliphatic hydroxyl groups excluding tert-OH is 1. The fraction of sp³-hybridized carbons (Fsp3) is 0.917. The molecule has 0 aromatic heterocycles. The number of aliphatic hydroxyl groups is 1. The number of amides is 1.